The number of amides is 2. The van der Waals surface area contributed by atoms with Crippen molar-refractivity contribution in [3.05, 3.63) is 59.2 Å². The normalized spacial score (nSPS) is 16.9. The number of fused-ring (bicyclic) bond motifs is 1. The molecule has 3 aromatic rings. The summed E-state index contributed by atoms with van der Waals surface area (Å²) in [4.78, 5) is 29.7. The summed E-state index contributed by atoms with van der Waals surface area (Å²) in [7, 11) is 1.52. The Labute approximate surface area is 167 Å². The van der Waals surface area contributed by atoms with E-state index in [-0.39, 0.29) is 18.2 Å². The summed E-state index contributed by atoms with van der Waals surface area (Å²) in [5.74, 6) is 0.0165. The van der Waals surface area contributed by atoms with Gasteiger partial charge in [0.05, 0.1) is 25.3 Å². The van der Waals surface area contributed by atoms with Gasteiger partial charge in [-0.3, -0.25) is 9.59 Å². The Bertz CT molecular complexity index is 1050. The molecule has 0 radical (unpaired) electrons. The van der Waals surface area contributed by atoms with Gasteiger partial charge in [0.1, 0.15) is 5.75 Å². The van der Waals surface area contributed by atoms with Crippen molar-refractivity contribution in [1.82, 2.24) is 10.3 Å². The van der Waals surface area contributed by atoms with Crippen LogP contribution >= 0.6 is 11.6 Å². The lowest BCUT2D eigenvalue weighted by atomic mass is 10.1. The van der Waals surface area contributed by atoms with Gasteiger partial charge in [0.25, 0.3) is 5.91 Å². The number of hydrogen-bond acceptors (Lipinski definition) is 4. The lowest BCUT2D eigenvalue weighted by Crippen LogP contribution is -2.39. The van der Waals surface area contributed by atoms with E-state index in [2.05, 4.69) is 10.3 Å². The van der Waals surface area contributed by atoms with Crippen molar-refractivity contribution in [3.63, 3.8) is 0 Å². The number of nitrogens with zero attached hydrogens (tertiary/aromatic N) is 1. The topological polar surface area (TPSA) is 74.4 Å². The highest BCUT2D eigenvalue weighted by Crippen LogP contribution is 2.31. The largest absolute Gasteiger partial charge is 0.495 e. The number of para-hydroxylation sites is 2. The number of carbonyl (C=O) groups is 2. The van der Waals surface area contributed by atoms with Crippen LogP contribution in [0.2, 0.25) is 5.02 Å². The first-order valence-electron chi connectivity index (χ1n) is 9.07. The summed E-state index contributed by atoms with van der Waals surface area (Å²) in [5, 5.41) is 4.97. The number of H-pyrrole nitrogens is 1. The Morgan fingerprint density at radius 2 is 2.07 bits per heavy atom. The molecule has 0 aliphatic carbocycles. The average Bonchev–Trinajstić information content (AvgIpc) is 3.22. The Balaban J connectivity index is 1.44. The van der Waals surface area contributed by atoms with Crippen LogP contribution in [0.5, 0.6) is 5.75 Å². The van der Waals surface area contributed by atoms with Crippen LogP contribution in [0.3, 0.4) is 0 Å². The van der Waals surface area contributed by atoms with Gasteiger partial charge in [0.2, 0.25) is 5.91 Å². The van der Waals surface area contributed by atoms with Gasteiger partial charge in [-0.05, 0) is 42.3 Å². The van der Waals surface area contributed by atoms with Crippen molar-refractivity contribution < 1.29 is 14.3 Å². The number of hydrogen-bond donors (Lipinski definition) is 2. The maximum atomic E-state index is 12.8. The molecule has 1 fully saturated rings. The highest BCUT2D eigenvalue weighted by Gasteiger charge is 2.40. The standard InChI is InChI=1S/C21H20ClN3O3/c1-28-19-5-3-2-4-18(19)25-20(26)11-17(21(25)27)23-9-8-13-12-24-16-7-6-14(22)10-15(13)16/h2-7,10,12,17,23-24H,8-9,11H2,1H3/t17-/m1/s1. The molecule has 1 aromatic heterocycles. The monoisotopic (exact) mass is 397 g/mol. The molecule has 0 bridgehead atoms. The summed E-state index contributed by atoms with van der Waals surface area (Å²) in [6.45, 7) is 0.572. The lowest BCUT2D eigenvalue weighted by Gasteiger charge is -2.18. The van der Waals surface area contributed by atoms with Crippen LogP contribution in [-0.2, 0) is 16.0 Å². The van der Waals surface area contributed by atoms with E-state index in [0.29, 0.717) is 29.4 Å². The number of nitrogens with one attached hydrogen (secondary N) is 2. The molecule has 1 aliphatic rings. The summed E-state index contributed by atoms with van der Waals surface area (Å²) in [6, 6.07) is 12.2. The number of methoxy groups -OCH3 is 1. The fraction of sp³-hybridized carbons (Fsp3) is 0.238. The number of imide groups is 1. The van der Waals surface area contributed by atoms with Crippen LogP contribution in [0.25, 0.3) is 10.9 Å². The third-order valence-corrected chi connectivity index (χ3v) is 5.22. The number of aromatic amines is 1. The van der Waals surface area contributed by atoms with Crippen molar-refractivity contribution in [1.29, 1.82) is 0 Å². The SMILES string of the molecule is COc1ccccc1N1C(=O)C[C@@H](NCCc2c[nH]c3ccc(Cl)cc23)C1=O. The maximum Gasteiger partial charge on any atom is 0.251 e. The van der Waals surface area contributed by atoms with E-state index in [0.717, 1.165) is 16.5 Å². The molecule has 0 unspecified atom stereocenters. The van der Waals surface area contributed by atoms with Crippen molar-refractivity contribution >= 4 is 40.0 Å². The molecule has 1 aliphatic heterocycles. The number of halogens is 1. The van der Waals surface area contributed by atoms with Gasteiger partial charge < -0.3 is 15.0 Å². The predicted octanol–water partition coefficient (Wildman–Crippen LogP) is 3.29. The molecule has 2 heterocycles. The molecule has 144 valence electrons. The minimum absolute atomic E-state index is 0.136. The van der Waals surface area contributed by atoms with Crippen molar-refractivity contribution in [2.45, 2.75) is 18.9 Å². The molecule has 2 aromatic carbocycles. The van der Waals surface area contributed by atoms with E-state index in [1.165, 1.54) is 12.0 Å². The summed E-state index contributed by atoms with van der Waals surface area (Å²) in [6.07, 6.45) is 2.80. The number of rotatable bonds is 6. The van der Waals surface area contributed by atoms with Crippen molar-refractivity contribution in [2.75, 3.05) is 18.6 Å². The molecule has 2 N–H and O–H groups in total. The van der Waals surface area contributed by atoms with E-state index in [1.54, 1.807) is 24.3 Å². The van der Waals surface area contributed by atoms with E-state index in [1.807, 2.05) is 24.4 Å². The molecule has 6 nitrogen and oxygen atoms in total. The van der Waals surface area contributed by atoms with Crippen LogP contribution in [0.1, 0.15) is 12.0 Å². The van der Waals surface area contributed by atoms with E-state index >= 15 is 0 Å². The number of carbonyl (C=O) groups excluding carboxylic acids is 2. The van der Waals surface area contributed by atoms with Crippen molar-refractivity contribution in [3.8, 4) is 5.75 Å². The number of ether oxygens (including phenoxy) is 1. The zero-order valence-electron chi connectivity index (χ0n) is 15.4. The van der Waals surface area contributed by atoms with Crippen LogP contribution in [0.15, 0.2) is 48.7 Å². The zero-order valence-corrected chi connectivity index (χ0v) is 16.1. The second kappa shape index (κ2) is 7.66. The highest BCUT2D eigenvalue weighted by atomic mass is 35.5. The Morgan fingerprint density at radius 3 is 2.89 bits per heavy atom. The number of aromatic nitrogens is 1. The second-order valence-electron chi connectivity index (χ2n) is 6.70. The van der Waals surface area contributed by atoms with E-state index in [4.69, 9.17) is 16.3 Å². The van der Waals surface area contributed by atoms with E-state index in [9.17, 15) is 9.59 Å². The first-order chi connectivity index (χ1) is 13.6. The minimum atomic E-state index is -0.536. The zero-order chi connectivity index (χ0) is 19.7. The lowest BCUT2D eigenvalue weighted by molar-refractivity contribution is -0.121. The average molecular weight is 398 g/mol. The fourth-order valence-electron chi connectivity index (χ4n) is 3.60. The molecule has 7 heteroatoms. The Hall–Kier alpha value is -2.83. The molecule has 1 atom stereocenters. The van der Waals surface area contributed by atoms with Gasteiger partial charge in [-0.2, -0.15) is 0 Å². The minimum Gasteiger partial charge on any atom is -0.495 e. The molecule has 0 spiro atoms. The molecular formula is C21H20ClN3O3. The molecule has 4 rings (SSSR count). The van der Waals surface area contributed by atoms with Crippen LogP contribution in [0, 0.1) is 0 Å². The quantitative estimate of drug-likeness (QED) is 0.626. The van der Waals surface area contributed by atoms with Gasteiger partial charge in [0.15, 0.2) is 0 Å². The third-order valence-electron chi connectivity index (χ3n) is 4.99. The van der Waals surface area contributed by atoms with Crippen LogP contribution in [-0.4, -0.2) is 36.5 Å². The summed E-state index contributed by atoms with van der Waals surface area (Å²) < 4.78 is 5.29. The number of benzene rings is 2. The van der Waals surface area contributed by atoms with Gasteiger partial charge in [0, 0.05) is 28.7 Å². The molecule has 28 heavy (non-hydrogen) atoms. The molecular weight excluding hydrogens is 378 g/mol. The first-order valence-corrected chi connectivity index (χ1v) is 9.45. The first kappa shape index (κ1) is 18.5. The van der Waals surface area contributed by atoms with Gasteiger partial charge in [-0.1, -0.05) is 23.7 Å². The van der Waals surface area contributed by atoms with Crippen LogP contribution < -0.4 is 15.0 Å². The fourth-order valence-corrected chi connectivity index (χ4v) is 3.77. The number of anilines is 1. The smallest absolute Gasteiger partial charge is 0.251 e. The predicted molar refractivity (Wildman–Crippen MR) is 109 cm³/mol. The van der Waals surface area contributed by atoms with Crippen molar-refractivity contribution in [2.24, 2.45) is 0 Å². The molecule has 2 amide bonds. The van der Waals surface area contributed by atoms with Gasteiger partial charge in [-0.25, -0.2) is 4.90 Å². The third kappa shape index (κ3) is 3.37. The second-order valence-corrected chi connectivity index (χ2v) is 7.14. The van der Waals surface area contributed by atoms with E-state index < -0.39 is 6.04 Å². The molecule has 1 saturated heterocycles. The maximum absolute atomic E-state index is 12.8. The van der Waals surface area contributed by atoms with Crippen LogP contribution in [0.4, 0.5) is 5.69 Å². The van der Waals surface area contributed by atoms with Gasteiger partial charge >= 0.3 is 0 Å². The summed E-state index contributed by atoms with van der Waals surface area (Å²) >= 11 is 6.09. The molecule has 0 saturated carbocycles. The van der Waals surface area contributed by atoms with Gasteiger partial charge in [-0.15, -0.1) is 0 Å². The Morgan fingerprint density at radius 1 is 1.25 bits per heavy atom. The highest BCUT2D eigenvalue weighted by molar-refractivity contribution is 6.31. The Kier molecular flexibility index (Phi) is 5.07. The summed E-state index contributed by atoms with van der Waals surface area (Å²) in [5.41, 5.74) is 2.62.